The molecule has 0 aliphatic carbocycles. The molecule has 112 valence electrons. The molecule has 21 heavy (non-hydrogen) atoms. The number of aliphatic hydroxyl groups excluding tert-OH is 1. The summed E-state index contributed by atoms with van der Waals surface area (Å²) >= 11 is 5.86. The van der Waals surface area contributed by atoms with Gasteiger partial charge in [0.05, 0.1) is 19.8 Å². The van der Waals surface area contributed by atoms with Crippen LogP contribution in [0.25, 0.3) is 0 Å². The molecule has 0 aromatic heterocycles. The van der Waals surface area contributed by atoms with Crippen molar-refractivity contribution in [2.75, 3.05) is 13.7 Å². The first kappa shape index (κ1) is 15.8. The molecule has 0 fully saturated rings. The van der Waals surface area contributed by atoms with E-state index in [-0.39, 0.29) is 25.0 Å². The summed E-state index contributed by atoms with van der Waals surface area (Å²) in [6.07, 6.45) is 0. The van der Waals surface area contributed by atoms with E-state index in [4.69, 9.17) is 16.3 Å². The number of halogens is 2. The maximum Gasteiger partial charge on any atom is 0.127 e. The van der Waals surface area contributed by atoms with Crippen molar-refractivity contribution >= 4 is 11.6 Å². The van der Waals surface area contributed by atoms with Gasteiger partial charge >= 0.3 is 0 Å². The third-order valence-corrected chi connectivity index (χ3v) is 3.46. The zero-order valence-electron chi connectivity index (χ0n) is 11.6. The lowest BCUT2D eigenvalue weighted by Crippen LogP contribution is -2.24. The maximum atomic E-state index is 13.7. The van der Waals surface area contributed by atoms with Gasteiger partial charge in [-0.15, -0.1) is 0 Å². The molecule has 2 N–H and O–H groups in total. The highest BCUT2D eigenvalue weighted by Gasteiger charge is 2.12. The highest BCUT2D eigenvalue weighted by Crippen LogP contribution is 2.20. The number of nitrogens with one attached hydrogen (secondary N) is 1. The Morgan fingerprint density at radius 1 is 1.29 bits per heavy atom. The van der Waals surface area contributed by atoms with Crippen molar-refractivity contribution < 1.29 is 14.2 Å². The number of aliphatic hydroxyl groups is 1. The molecule has 0 radical (unpaired) electrons. The second kappa shape index (κ2) is 7.41. The second-order valence-corrected chi connectivity index (χ2v) is 5.06. The Bertz CT molecular complexity index is 607. The Morgan fingerprint density at radius 2 is 2.10 bits per heavy atom. The Balaban J connectivity index is 2.10. The number of methoxy groups -OCH3 is 1. The van der Waals surface area contributed by atoms with Crippen LogP contribution in [0.15, 0.2) is 42.5 Å². The van der Waals surface area contributed by atoms with Crippen LogP contribution in [0.5, 0.6) is 5.75 Å². The van der Waals surface area contributed by atoms with Crippen LogP contribution in [0.1, 0.15) is 17.2 Å². The van der Waals surface area contributed by atoms with Crippen molar-refractivity contribution in [2.24, 2.45) is 0 Å². The van der Waals surface area contributed by atoms with Crippen molar-refractivity contribution in [2.45, 2.75) is 12.6 Å². The second-order valence-electron chi connectivity index (χ2n) is 4.63. The minimum Gasteiger partial charge on any atom is -0.497 e. The van der Waals surface area contributed by atoms with E-state index in [0.717, 1.165) is 5.56 Å². The van der Waals surface area contributed by atoms with Gasteiger partial charge in [-0.05, 0) is 35.9 Å². The van der Waals surface area contributed by atoms with E-state index >= 15 is 0 Å². The Labute approximate surface area is 128 Å². The van der Waals surface area contributed by atoms with Crippen LogP contribution in [0, 0.1) is 5.82 Å². The van der Waals surface area contributed by atoms with Crippen molar-refractivity contribution in [3.8, 4) is 5.75 Å². The summed E-state index contributed by atoms with van der Waals surface area (Å²) in [7, 11) is 1.59. The van der Waals surface area contributed by atoms with Crippen molar-refractivity contribution in [1.82, 2.24) is 5.32 Å². The van der Waals surface area contributed by atoms with Crippen LogP contribution in [0.2, 0.25) is 5.02 Å². The molecule has 3 nitrogen and oxygen atoms in total. The van der Waals surface area contributed by atoms with E-state index in [1.165, 1.54) is 12.1 Å². The molecule has 1 unspecified atom stereocenters. The average molecular weight is 310 g/mol. The van der Waals surface area contributed by atoms with Gasteiger partial charge in [-0.25, -0.2) is 4.39 Å². The molecule has 1 atom stereocenters. The Kier molecular flexibility index (Phi) is 5.56. The summed E-state index contributed by atoms with van der Waals surface area (Å²) in [6, 6.07) is 11.5. The first-order valence-corrected chi connectivity index (χ1v) is 6.94. The molecule has 2 aromatic rings. The third-order valence-electron chi connectivity index (χ3n) is 3.23. The van der Waals surface area contributed by atoms with E-state index in [2.05, 4.69) is 5.32 Å². The van der Waals surface area contributed by atoms with Crippen molar-refractivity contribution in [3.05, 3.63) is 64.4 Å². The molecule has 0 saturated heterocycles. The molecule has 0 bridgehead atoms. The van der Waals surface area contributed by atoms with E-state index in [1.807, 2.05) is 24.3 Å². The number of benzene rings is 2. The van der Waals surface area contributed by atoms with Crippen LogP contribution < -0.4 is 10.1 Å². The van der Waals surface area contributed by atoms with E-state index < -0.39 is 0 Å². The monoisotopic (exact) mass is 309 g/mol. The number of rotatable bonds is 6. The summed E-state index contributed by atoms with van der Waals surface area (Å²) in [5.74, 6) is 0.385. The van der Waals surface area contributed by atoms with Gasteiger partial charge in [-0.1, -0.05) is 23.7 Å². The Hall–Kier alpha value is -1.62. The fourth-order valence-electron chi connectivity index (χ4n) is 2.06. The Morgan fingerprint density at radius 3 is 2.81 bits per heavy atom. The predicted octanol–water partition coefficient (Wildman–Crippen LogP) is 3.31. The van der Waals surface area contributed by atoms with E-state index in [0.29, 0.717) is 16.3 Å². The van der Waals surface area contributed by atoms with Crippen LogP contribution in [0.4, 0.5) is 4.39 Å². The molecule has 0 spiro atoms. The predicted molar refractivity (Wildman–Crippen MR) is 81.1 cm³/mol. The SMILES string of the molecule is COc1cccc(C(CO)NCc2cc(Cl)ccc2F)c1. The lowest BCUT2D eigenvalue weighted by Gasteiger charge is -2.18. The molecular weight excluding hydrogens is 293 g/mol. The van der Waals surface area contributed by atoms with Gasteiger partial charge in [-0.2, -0.15) is 0 Å². The van der Waals surface area contributed by atoms with Crippen LogP contribution >= 0.6 is 11.6 Å². The number of hydrogen-bond acceptors (Lipinski definition) is 3. The zero-order chi connectivity index (χ0) is 15.2. The van der Waals surface area contributed by atoms with Crippen molar-refractivity contribution in [3.63, 3.8) is 0 Å². The molecule has 0 amide bonds. The first-order valence-electron chi connectivity index (χ1n) is 6.56. The summed E-state index contributed by atoms with van der Waals surface area (Å²) in [5, 5.41) is 13.1. The summed E-state index contributed by atoms with van der Waals surface area (Å²) in [6.45, 7) is 0.171. The van der Waals surface area contributed by atoms with Gasteiger partial charge < -0.3 is 15.2 Å². The van der Waals surface area contributed by atoms with Crippen molar-refractivity contribution in [1.29, 1.82) is 0 Å². The molecule has 0 aliphatic heterocycles. The summed E-state index contributed by atoms with van der Waals surface area (Å²) in [5.41, 5.74) is 1.34. The van der Waals surface area contributed by atoms with E-state index in [1.54, 1.807) is 13.2 Å². The average Bonchev–Trinajstić information content (AvgIpc) is 2.51. The normalized spacial score (nSPS) is 12.2. The molecular formula is C16H17ClFNO2. The fraction of sp³-hybridized carbons (Fsp3) is 0.250. The van der Waals surface area contributed by atoms with Gasteiger partial charge in [0.25, 0.3) is 0 Å². The third kappa shape index (κ3) is 4.17. The highest BCUT2D eigenvalue weighted by molar-refractivity contribution is 6.30. The molecule has 5 heteroatoms. The van der Waals surface area contributed by atoms with Crippen LogP contribution in [-0.2, 0) is 6.54 Å². The summed E-state index contributed by atoms with van der Waals surface area (Å²) < 4.78 is 18.8. The quantitative estimate of drug-likeness (QED) is 0.860. The first-order chi connectivity index (χ1) is 10.1. The largest absolute Gasteiger partial charge is 0.497 e. The number of ether oxygens (including phenoxy) is 1. The molecule has 2 aromatic carbocycles. The van der Waals surface area contributed by atoms with Gasteiger partial charge in [-0.3, -0.25) is 0 Å². The van der Waals surface area contributed by atoms with E-state index in [9.17, 15) is 9.50 Å². The lowest BCUT2D eigenvalue weighted by molar-refractivity contribution is 0.243. The van der Waals surface area contributed by atoms with Gasteiger partial charge in [0, 0.05) is 17.1 Å². The number of hydrogen-bond donors (Lipinski definition) is 2. The topological polar surface area (TPSA) is 41.5 Å². The van der Waals surface area contributed by atoms with Crippen LogP contribution in [-0.4, -0.2) is 18.8 Å². The van der Waals surface area contributed by atoms with Crippen LogP contribution in [0.3, 0.4) is 0 Å². The van der Waals surface area contributed by atoms with Gasteiger partial charge in [0.2, 0.25) is 0 Å². The standard InChI is InChI=1S/C16H17ClFNO2/c1-21-14-4-2-3-11(8-14)16(10-20)19-9-12-7-13(17)5-6-15(12)18/h2-8,16,19-20H,9-10H2,1H3. The molecule has 0 saturated carbocycles. The minimum absolute atomic E-state index is 0.102. The van der Waals surface area contributed by atoms with Gasteiger partial charge in [0.1, 0.15) is 11.6 Å². The maximum absolute atomic E-state index is 13.7. The minimum atomic E-state index is -0.325. The lowest BCUT2D eigenvalue weighted by atomic mass is 10.1. The zero-order valence-corrected chi connectivity index (χ0v) is 12.4. The van der Waals surface area contributed by atoms with Gasteiger partial charge in [0.15, 0.2) is 0 Å². The summed E-state index contributed by atoms with van der Waals surface area (Å²) in [4.78, 5) is 0. The molecule has 0 aliphatic rings. The molecule has 0 heterocycles. The molecule has 2 rings (SSSR count). The fourth-order valence-corrected chi connectivity index (χ4v) is 2.25. The highest BCUT2D eigenvalue weighted by atomic mass is 35.5. The smallest absolute Gasteiger partial charge is 0.127 e.